The van der Waals surface area contributed by atoms with Gasteiger partial charge >= 0.3 is 5.97 Å². The minimum absolute atomic E-state index is 0.0314. The van der Waals surface area contributed by atoms with E-state index in [2.05, 4.69) is 20.3 Å². The molecule has 2 aromatic heterocycles. The Hall–Kier alpha value is -4.08. The second-order valence-electron chi connectivity index (χ2n) is 10.0. The molecule has 4 aromatic rings. The molecule has 10 heteroatoms. The third-order valence-electron chi connectivity index (χ3n) is 7.94. The Labute approximate surface area is 216 Å². The molecule has 0 spiro atoms. The van der Waals surface area contributed by atoms with Gasteiger partial charge < -0.3 is 20.1 Å². The van der Waals surface area contributed by atoms with E-state index < -0.39 is 29.3 Å². The average molecular weight is 523 g/mol. The number of nitrogens with one attached hydrogen (secondary N) is 2. The number of methoxy groups -OCH3 is 1. The molecule has 3 fully saturated rings. The van der Waals surface area contributed by atoms with Crippen LogP contribution in [-0.4, -0.2) is 39.2 Å². The summed E-state index contributed by atoms with van der Waals surface area (Å²) in [7, 11) is 1.36. The Kier molecular flexibility index (Phi) is 5.97. The summed E-state index contributed by atoms with van der Waals surface area (Å²) < 4.78 is 47.8. The topological polar surface area (TPSA) is 100 Å². The number of anilines is 1. The molecule has 3 N–H and O–H groups in total. The van der Waals surface area contributed by atoms with Crippen molar-refractivity contribution in [1.82, 2.24) is 15.0 Å². The first-order chi connectivity index (χ1) is 18.3. The van der Waals surface area contributed by atoms with Crippen molar-refractivity contribution in [3.05, 3.63) is 60.0 Å². The normalized spacial score (nSPS) is 22.5. The number of fused-ring (bicyclic) bond motifs is 4. The van der Waals surface area contributed by atoms with Crippen LogP contribution < -0.4 is 10.1 Å². The zero-order valence-corrected chi connectivity index (χ0v) is 20.5. The molecule has 196 valence electrons. The first-order valence-corrected chi connectivity index (χ1v) is 12.5. The van der Waals surface area contributed by atoms with E-state index in [1.54, 1.807) is 12.1 Å². The first kappa shape index (κ1) is 24.3. The lowest BCUT2D eigenvalue weighted by Gasteiger charge is -2.47. The summed E-state index contributed by atoms with van der Waals surface area (Å²) in [6, 6.07) is 7.66. The lowest BCUT2D eigenvalue weighted by atomic mass is 9.61. The van der Waals surface area contributed by atoms with Crippen LogP contribution in [0.4, 0.5) is 19.0 Å². The number of carboxylic acid groups (broad SMARTS) is 1. The SMILES string of the molecule is COc1cc(-c2cc(N[C@@H]3C4CCC(CC4)[C@H]3C(=O)O)nc(-c3c[nH]c4c(F)cc(F)cc34)n2)ccc1F. The average Bonchev–Trinajstić information content (AvgIpc) is 3.33. The van der Waals surface area contributed by atoms with Gasteiger partial charge in [0.1, 0.15) is 17.5 Å². The van der Waals surface area contributed by atoms with Crippen molar-refractivity contribution < 1.29 is 27.8 Å². The van der Waals surface area contributed by atoms with Crippen molar-refractivity contribution in [3.8, 4) is 28.4 Å². The number of halogens is 3. The monoisotopic (exact) mass is 522 g/mol. The van der Waals surface area contributed by atoms with Gasteiger partial charge in [-0.3, -0.25) is 4.79 Å². The van der Waals surface area contributed by atoms with Gasteiger partial charge in [0.2, 0.25) is 0 Å². The van der Waals surface area contributed by atoms with Crippen LogP contribution in [-0.2, 0) is 4.79 Å². The van der Waals surface area contributed by atoms with Gasteiger partial charge in [0.05, 0.1) is 24.2 Å². The number of nitrogens with zero attached hydrogens (tertiary/aromatic N) is 2. The fourth-order valence-electron chi connectivity index (χ4n) is 6.13. The standard InChI is InChI=1S/C28H25F3N4O3/c1-38-22-8-15(6-7-19(22)30)21-11-23(34-25-14-4-2-13(3-5-14)24(25)28(36)37)35-27(33-21)18-12-32-26-17(18)9-16(29)10-20(26)31/h6-14,24-25,32H,2-5H2,1H3,(H,36,37)(H,33,34,35)/t13?,14?,24-,25-/m1/s1. The third kappa shape index (κ3) is 4.13. The maximum Gasteiger partial charge on any atom is 0.308 e. The highest BCUT2D eigenvalue weighted by atomic mass is 19.1. The predicted octanol–water partition coefficient (Wildman–Crippen LogP) is 6.02. The summed E-state index contributed by atoms with van der Waals surface area (Å²) in [5, 5.41) is 13.6. The van der Waals surface area contributed by atoms with Crippen LogP contribution in [0.25, 0.3) is 33.5 Å². The molecule has 0 amide bonds. The minimum atomic E-state index is -0.836. The number of hydrogen-bond donors (Lipinski definition) is 3. The lowest BCUT2D eigenvalue weighted by molar-refractivity contribution is -0.148. The summed E-state index contributed by atoms with van der Waals surface area (Å²) in [5.74, 6) is -2.54. The number of carboxylic acids is 1. The van der Waals surface area contributed by atoms with Crippen molar-refractivity contribution in [2.45, 2.75) is 31.7 Å². The van der Waals surface area contributed by atoms with E-state index in [1.165, 1.54) is 31.5 Å². The van der Waals surface area contributed by atoms with Crippen molar-refractivity contribution in [2.24, 2.45) is 17.8 Å². The fourth-order valence-corrected chi connectivity index (χ4v) is 6.13. The van der Waals surface area contributed by atoms with Gasteiger partial charge in [-0.25, -0.2) is 23.1 Å². The minimum Gasteiger partial charge on any atom is -0.494 e. The molecular weight excluding hydrogens is 497 g/mol. The van der Waals surface area contributed by atoms with E-state index in [4.69, 9.17) is 4.74 Å². The van der Waals surface area contributed by atoms with Crippen LogP contribution in [0.3, 0.4) is 0 Å². The van der Waals surface area contributed by atoms with Gasteiger partial charge in [-0.05, 0) is 61.8 Å². The van der Waals surface area contributed by atoms with Crippen LogP contribution in [0, 0.1) is 35.2 Å². The number of rotatable bonds is 6. The highest BCUT2D eigenvalue weighted by molar-refractivity contribution is 5.94. The molecular formula is C28H25F3N4O3. The molecule has 3 aliphatic carbocycles. The van der Waals surface area contributed by atoms with Crippen LogP contribution in [0.1, 0.15) is 25.7 Å². The molecule has 2 bridgehead atoms. The van der Waals surface area contributed by atoms with Crippen molar-refractivity contribution in [2.75, 3.05) is 12.4 Å². The zero-order chi connectivity index (χ0) is 26.6. The molecule has 0 radical (unpaired) electrons. The van der Waals surface area contributed by atoms with Crippen molar-refractivity contribution in [1.29, 1.82) is 0 Å². The summed E-state index contributed by atoms with van der Waals surface area (Å²) in [4.78, 5) is 24.3. The third-order valence-corrected chi connectivity index (χ3v) is 7.94. The predicted molar refractivity (Wildman–Crippen MR) is 135 cm³/mol. The van der Waals surface area contributed by atoms with Gasteiger partial charge in [0, 0.05) is 40.9 Å². The largest absolute Gasteiger partial charge is 0.494 e. The first-order valence-electron chi connectivity index (χ1n) is 12.5. The Morgan fingerprint density at radius 1 is 1.03 bits per heavy atom. The highest BCUT2D eigenvalue weighted by Crippen LogP contribution is 2.46. The maximum atomic E-state index is 14.4. The molecule has 7 nitrogen and oxygen atoms in total. The molecule has 0 aliphatic heterocycles. The number of H-pyrrole nitrogens is 1. The van der Waals surface area contributed by atoms with E-state index in [0.29, 0.717) is 22.6 Å². The molecule has 3 saturated carbocycles. The Morgan fingerprint density at radius 3 is 2.53 bits per heavy atom. The lowest BCUT2D eigenvalue weighted by Crippen LogP contribution is -2.51. The Bertz CT molecular complexity index is 1550. The van der Waals surface area contributed by atoms with Crippen molar-refractivity contribution in [3.63, 3.8) is 0 Å². The molecule has 38 heavy (non-hydrogen) atoms. The van der Waals surface area contributed by atoms with Gasteiger partial charge in [-0.15, -0.1) is 0 Å². The van der Waals surface area contributed by atoms with Crippen LogP contribution in [0.5, 0.6) is 5.75 Å². The van der Waals surface area contributed by atoms with Gasteiger partial charge in [0.25, 0.3) is 0 Å². The molecule has 3 aliphatic rings. The van der Waals surface area contributed by atoms with E-state index >= 15 is 0 Å². The van der Waals surface area contributed by atoms with Gasteiger partial charge in [0.15, 0.2) is 17.4 Å². The van der Waals surface area contributed by atoms with Gasteiger partial charge in [-0.2, -0.15) is 0 Å². The maximum absolute atomic E-state index is 14.4. The molecule has 2 heterocycles. The number of aromatic nitrogens is 3. The molecule has 2 aromatic carbocycles. The number of carbonyl (C=O) groups is 1. The summed E-state index contributed by atoms with van der Waals surface area (Å²) >= 11 is 0. The Balaban J connectivity index is 1.49. The van der Waals surface area contributed by atoms with Gasteiger partial charge in [-0.1, -0.05) is 0 Å². The number of benzene rings is 2. The molecule has 2 atom stereocenters. The smallest absolute Gasteiger partial charge is 0.308 e. The quantitative estimate of drug-likeness (QED) is 0.286. The van der Waals surface area contributed by atoms with Crippen molar-refractivity contribution >= 4 is 22.7 Å². The summed E-state index contributed by atoms with van der Waals surface area (Å²) in [5.41, 5.74) is 1.43. The summed E-state index contributed by atoms with van der Waals surface area (Å²) in [6.45, 7) is 0. The fraction of sp³-hybridized carbons (Fsp3) is 0.321. The second-order valence-corrected chi connectivity index (χ2v) is 10.0. The van der Waals surface area contributed by atoms with Crippen LogP contribution >= 0.6 is 0 Å². The number of ether oxygens (including phenoxy) is 1. The molecule has 7 rings (SSSR count). The summed E-state index contributed by atoms with van der Waals surface area (Å²) in [6.07, 6.45) is 5.16. The molecule has 0 saturated heterocycles. The zero-order valence-electron chi connectivity index (χ0n) is 20.5. The van der Waals surface area contributed by atoms with E-state index in [1.807, 2.05) is 0 Å². The van der Waals surface area contributed by atoms with Crippen LogP contribution in [0.15, 0.2) is 42.6 Å². The van der Waals surface area contributed by atoms with E-state index in [-0.39, 0.29) is 40.4 Å². The number of hydrogen-bond acceptors (Lipinski definition) is 5. The highest BCUT2D eigenvalue weighted by Gasteiger charge is 2.47. The second kappa shape index (κ2) is 9.34. The Morgan fingerprint density at radius 2 is 1.79 bits per heavy atom. The number of aliphatic carboxylic acids is 1. The van der Waals surface area contributed by atoms with E-state index in [0.717, 1.165) is 31.7 Å². The number of aromatic amines is 1. The van der Waals surface area contributed by atoms with E-state index in [9.17, 15) is 23.1 Å². The van der Waals surface area contributed by atoms with Crippen LogP contribution in [0.2, 0.25) is 0 Å². The molecule has 0 unspecified atom stereocenters.